The Kier molecular flexibility index (Phi) is 5.54. The summed E-state index contributed by atoms with van der Waals surface area (Å²) < 4.78 is 51.6. The Morgan fingerprint density at radius 2 is 1.96 bits per heavy atom. The van der Waals surface area contributed by atoms with Crippen molar-refractivity contribution in [1.29, 1.82) is 0 Å². The molecular formula is C16H18BrClF3NO3. The van der Waals surface area contributed by atoms with E-state index in [2.05, 4.69) is 15.9 Å². The molecule has 0 aromatic heterocycles. The van der Waals surface area contributed by atoms with E-state index in [1.54, 1.807) is 20.8 Å². The third-order valence-corrected chi connectivity index (χ3v) is 4.95. The molecule has 1 aliphatic heterocycles. The molecule has 0 saturated carbocycles. The van der Waals surface area contributed by atoms with Crippen LogP contribution in [0, 0.1) is 0 Å². The zero-order valence-corrected chi connectivity index (χ0v) is 16.5. The van der Waals surface area contributed by atoms with Crippen molar-refractivity contribution in [1.82, 2.24) is 0 Å². The Morgan fingerprint density at radius 1 is 1.36 bits per heavy atom. The Labute approximate surface area is 157 Å². The van der Waals surface area contributed by atoms with Gasteiger partial charge in [-0.25, -0.2) is 4.79 Å². The molecule has 4 nitrogen and oxygen atoms in total. The van der Waals surface area contributed by atoms with Crippen LogP contribution in [-0.4, -0.2) is 31.0 Å². The van der Waals surface area contributed by atoms with Gasteiger partial charge in [0.2, 0.25) is 0 Å². The fourth-order valence-electron chi connectivity index (χ4n) is 2.70. The van der Waals surface area contributed by atoms with Gasteiger partial charge in [0.1, 0.15) is 17.4 Å². The minimum Gasteiger partial charge on any atom is -0.495 e. The molecule has 25 heavy (non-hydrogen) atoms. The molecule has 0 bridgehead atoms. The summed E-state index contributed by atoms with van der Waals surface area (Å²) in [6, 6.07) is -0.571. The van der Waals surface area contributed by atoms with Crippen molar-refractivity contribution in [2.75, 3.05) is 12.0 Å². The Balaban J connectivity index is 2.66. The number of methoxy groups -OCH3 is 1. The number of carbonyl (C=O) groups excluding carboxylic acids is 1. The molecule has 0 radical (unpaired) electrons. The highest BCUT2D eigenvalue weighted by molar-refractivity contribution is 9.10. The van der Waals surface area contributed by atoms with Gasteiger partial charge in [-0.05, 0) is 61.2 Å². The van der Waals surface area contributed by atoms with Crippen LogP contribution in [0.4, 0.5) is 23.7 Å². The van der Waals surface area contributed by atoms with Crippen molar-refractivity contribution in [2.45, 2.75) is 51.4 Å². The molecule has 0 fully saturated rings. The topological polar surface area (TPSA) is 38.8 Å². The summed E-state index contributed by atoms with van der Waals surface area (Å²) >= 11 is 9.50. The Bertz CT molecular complexity index is 689. The molecule has 1 aromatic carbocycles. The van der Waals surface area contributed by atoms with E-state index in [1.165, 1.54) is 13.2 Å². The van der Waals surface area contributed by atoms with Gasteiger partial charge in [-0.1, -0.05) is 11.6 Å². The number of amides is 1. The van der Waals surface area contributed by atoms with Gasteiger partial charge in [0.05, 0.1) is 17.8 Å². The van der Waals surface area contributed by atoms with Crippen molar-refractivity contribution >= 4 is 39.3 Å². The van der Waals surface area contributed by atoms with Crippen molar-refractivity contribution in [3.05, 3.63) is 21.1 Å². The van der Waals surface area contributed by atoms with Crippen LogP contribution in [0.15, 0.2) is 10.5 Å². The number of carbonyl (C=O) groups is 1. The number of rotatable bonds is 1. The van der Waals surface area contributed by atoms with E-state index >= 15 is 0 Å². The normalized spacial score (nSPS) is 18.0. The molecule has 1 aromatic rings. The molecule has 0 saturated heterocycles. The predicted octanol–water partition coefficient (Wildman–Crippen LogP) is 5.73. The molecule has 140 valence electrons. The van der Waals surface area contributed by atoms with E-state index in [1.807, 2.05) is 0 Å². The third-order valence-electron chi connectivity index (χ3n) is 3.66. The molecule has 1 unspecified atom stereocenters. The van der Waals surface area contributed by atoms with E-state index in [9.17, 15) is 18.0 Å². The highest BCUT2D eigenvalue weighted by Gasteiger charge is 2.50. The maximum atomic E-state index is 13.6. The van der Waals surface area contributed by atoms with Gasteiger partial charge in [-0.3, -0.25) is 4.90 Å². The number of hydrogen-bond donors (Lipinski definition) is 0. The second-order valence-electron chi connectivity index (χ2n) is 6.65. The second-order valence-corrected chi connectivity index (χ2v) is 7.88. The van der Waals surface area contributed by atoms with Crippen LogP contribution in [0.5, 0.6) is 5.75 Å². The van der Waals surface area contributed by atoms with Gasteiger partial charge in [-0.2, -0.15) is 13.2 Å². The van der Waals surface area contributed by atoms with Crippen molar-refractivity contribution in [2.24, 2.45) is 0 Å². The first-order valence-electron chi connectivity index (χ1n) is 7.50. The summed E-state index contributed by atoms with van der Waals surface area (Å²) in [4.78, 5) is 13.2. The van der Waals surface area contributed by atoms with E-state index in [-0.39, 0.29) is 29.3 Å². The van der Waals surface area contributed by atoms with Crippen LogP contribution >= 0.6 is 27.5 Å². The number of nitrogens with zero attached hydrogens (tertiary/aromatic N) is 1. The number of ether oxygens (including phenoxy) is 2. The number of fused-ring (bicyclic) bond motifs is 1. The van der Waals surface area contributed by atoms with Gasteiger partial charge >= 0.3 is 12.3 Å². The lowest BCUT2D eigenvalue weighted by atomic mass is 9.95. The van der Waals surface area contributed by atoms with Gasteiger partial charge in [-0.15, -0.1) is 0 Å². The summed E-state index contributed by atoms with van der Waals surface area (Å²) in [6.07, 6.45) is -5.95. The van der Waals surface area contributed by atoms with Crippen molar-refractivity contribution < 1.29 is 27.4 Å². The fraction of sp³-hybridized carbons (Fsp3) is 0.562. The van der Waals surface area contributed by atoms with Gasteiger partial charge in [0, 0.05) is 4.47 Å². The van der Waals surface area contributed by atoms with Gasteiger partial charge in [0.15, 0.2) is 0 Å². The van der Waals surface area contributed by atoms with Crippen LogP contribution in [0.25, 0.3) is 0 Å². The van der Waals surface area contributed by atoms with E-state index < -0.39 is 23.9 Å². The first-order chi connectivity index (χ1) is 11.4. The average molecular weight is 445 g/mol. The summed E-state index contributed by atoms with van der Waals surface area (Å²) in [6.45, 7) is 4.76. The number of alkyl halides is 3. The molecule has 9 heteroatoms. The lowest BCUT2D eigenvalue weighted by molar-refractivity contribution is -0.150. The van der Waals surface area contributed by atoms with E-state index in [0.29, 0.717) is 14.9 Å². The monoisotopic (exact) mass is 443 g/mol. The summed E-state index contributed by atoms with van der Waals surface area (Å²) in [5.41, 5.74) is -0.533. The molecule has 2 rings (SSSR count). The minimum absolute atomic E-state index is 0.00137. The number of benzene rings is 1. The largest absolute Gasteiger partial charge is 0.495 e. The highest BCUT2D eigenvalue weighted by Crippen LogP contribution is 2.48. The molecular weight excluding hydrogens is 427 g/mol. The first-order valence-corrected chi connectivity index (χ1v) is 8.67. The van der Waals surface area contributed by atoms with Crippen molar-refractivity contribution in [3.63, 3.8) is 0 Å². The number of anilines is 1. The molecule has 0 aliphatic carbocycles. The number of hydrogen-bond acceptors (Lipinski definition) is 3. The molecule has 0 spiro atoms. The van der Waals surface area contributed by atoms with E-state index in [4.69, 9.17) is 21.1 Å². The van der Waals surface area contributed by atoms with Crippen LogP contribution in [0.3, 0.4) is 0 Å². The first kappa shape index (κ1) is 20.2. The highest BCUT2D eigenvalue weighted by atomic mass is 79.9. The van der Waals surface area contributed by atoms with Gasteiger partial charge in [0.25, 0.3) is 0 Å². The predicted molar refractivity (Wildman–Crippen MR) is 92.6 cm³/mol. The van der Waals surface area contributed by atoms with E-state index in [0.717, 1.165) is 0 Å². The van der Waals surface area contributed by atoms with Crippen molar-refractivity contribution in [3.8, 4) is 5.75 Å². The maximum Gasteiger partial charge on any atom is 0.415 e. The Morgan fingerprint density at radius 3 is 2.44 bits per heavy atom. The van der Waals surface area contributed by atoms with Crippen LogP contribution in [0.1, 0.15) is 32.8 Å². The van der Waals surface area contributed by atoms with Gasteiger partial charge < -0.3 is 9.47 Å². The summed E-state index contributed by atoms with van der Waals surface area (Å²) in [5, 5.41) is 0.255. The maximum absolute atomic E-state index is 13.6. The summed E-state index contributed by atoms with van der Waals surface area (Å²) in [7, 11) is 1.32. The zero-order valence-electron chi connectivity index (χ0n) is 14.1. The Hall–Kier alpha value is -1.15. The van der Waals surface area contributed by atoms with Crippen LogP contribution in [-0.2, 0) is 11.2 Å². The van der Waals surface area contributed by atoms with Crippen LogP contribution in [0.2, 0.25) is 5.02 Å². The summed E-state index contributed by atoms with van der Waals surface area (Å²) in [5.74, 6) is 0.117. The standard InChI is InChI=1S/C16H18BrClF3NO3/c1-15(2,3)25-14(23)22-11(16(19,20)21)6-5-8-12(18)9(17)7-10(24-4)13(8)22/h7,11H,5-6H2,1-4H3. The lowest BCUT2D eigenvalue weighted by Gasteiger charge is -2.39. The van der Waals surface area contributed by atoms with Crippen LogP contribution < -0.4 is 9.64 Å². The molecule has 1 heterocycles. The molecule has 0 N–H and O–H groups in total. The SMILES string of the molecule is COc1cc(Br)c(Cl)c2c1N(C(=O)OC(C)(C)C)C(C(F)(F)F)CC2. The number of halogens is 5. The molecule has 1 amide bonds. The second kappa shape index (κ2) is 6.87. The molecule has 1 aliphatic rings. The fourth-order valence-corrected chi connectivity index (χ4v) is 3.38. The smallest absolute Gasteiger partial charge is 0.415 e. The molecule has 1 atom stereocenters. The zero-order chi connectivity index (χ0) is 19.2. The lowest BCUT2D eigenvalue weighted by Crippen LogP contribution is -2.53. The third kappa shape index (κ3) is 4.16. The average Bonchev–Trinajstić information content (AvgIpc) is 2.46. The quantitative estimate of drug-likeness (QED) is 0.555. The minimum atomic E-state index is -4.61.